The molecule has 0 aromatic carbocycles. The molecule has 0 saturated heterocycles. The Hall–Kier alpha value is -0.850. The van der Waals surface area contributed by atoms with Crippen LogP contribution in [-0.2, 0) is 4.79 Å². The van der Waals surface area contributed by atoms with Crippen LogP contribution in [0.1, 0.15) is 13.3 Å². The molecule has 8 heavy (non-hydrogen) atoms. The van der Waals surface area contributed by atoms with Gasteiger partial charge in [0.1, 0.15) is 0 Å². The molecule has 1 nitrogen and oxygen atoms in total. The van der Waals surface area contributed by atoms with Gasteiger partial charge in [0.2, 0.25) is 0 Å². The van der Waals surface area contributed by atoms with E-state index in [1.807, 2.05) is 13.0 Å². The number of Topliss-reactive ketones (excluding diaryl/α,β-unsaturated/α-hetero) is 1. The fourth-order valence-corrected chi connectivity index (χ4v) is 0.783. The Morgan fingerprint density at radius 1 is 1.75 bits per heavy atom. The largest absolute Gasteiger partial charge is 0.294 e. The lowest BCUT2D eigenvalue weighted by Crippen LogP contribution is -1.89. The molecule has 0 radical (unpaired) electrons. The van der Waals surface area contributed by atoms with E-state index < -0.39 is 0 Å². The van der Waals surface area contributed by atoms with E-state index in [9.17, 15) is 4.79 Å². The van der Waals surface area contributed by atoms with E-state index in [2.05, 4.69) is 6.58 Å². The summed E-state index contributed by atoms with van der Waals surface area (Å²) in [6.07, 6.45) is 2.37. The van der Waals surface area contributed by atoms with Crippen molar-refractivity contribution in [3.63, 3.8) is 0 Å². The summed E-state index contributed by atoms with van der Waals surface area (Å²) in [4.78, 5) is 10.7. The molecule has 0 heterocycles. The number of ketones is 1. The predicted molar refractivity (Wildman–Crippen MR) is 32.5 cm³/mol. The zero-order chi connectivity index (χ0) is 6.15. The molecule has 42 valence electrons. The average Bonchev–Trinajstić information content (AvgIpc) is 1.85. The molecule has 1 aliphatic carbocycles. The van der Waals surface area contributed by atoms with Crippen molar-refractivity contribution >= 4 is 5.78 Å². The van der Waals surface area contributed by atoms with Gasteiger partial charge in [-0.25, -0.2) is 0 Å². The molecule has 1 heteroatoms. The summed E-state index contributed by atoms with van der Waals surface area (Å²) in [6, 6.07) is 0. The van der Waals surface area contributed by atoms with Crippen LogP contribution in [0, 0.1) is 0 Å². The van der Waals surface area contributed by atoms with Gasteiger partial charge >= 0.3 is 0 Å². The number of carbonyl (C=O) groups is 1. The molecule has 0 aliphatic heterocycles. The highest BCUT2D eigenvalue weighted by molar-refractivity contribution is 6.00. The number of hydrogen-bond donors (Lipinski definition) is 0. The fourth-order valence-electron chi connectivity index (χ4n) is 0.783. The lowest BCUT2D eigenvalue weighted by atomic mass is 10.2. The first kappa shape index (κ1) is 5.29. The molecule has 0 saturated carbocycles. The smallest absolute Gasteiger partial charge is 0.162 e. The monoisotopic (exact) mass is 108 g/mol. The van der Waals surface area contributed by atoms with Crippen LogP contribution in [0.5, 0.6) is 0 Å². The van der Waals surface area contributed by atoms with E-state index in [-0.39, 0.29) is 5.78 Å². The van der Waals surface area contributed by atoms with Crippen LogP contribution >= 0.6 is 0 Å². The van der Waals surface area contributed by atoms with E-state index in [1.165, 1.54) is 0 Å². The van der Waals surface area contributed by atoms with Crippen molar-refractivity contribution in [3.05, 3.63) is 23.8 Å². The third-order valence-electron chi connectivity index (χ3n) is 1.25. The second-order valence-corrected chi connectivity index (χ2v) is 2.09. The maximum Gasteiger partial charge on any atom is 0.162 e. The first-order chi connectivity index (χ1) is 3.70. The lowest BCUT2D eigenvalue weighted by molar-refractivity contribution is -0.114. The van der Waals surface area contributed by atoms with E-state index in [0.717, 1.165) is 11.1 Å². The first-order valence-corrected chi connectivity index (χ1v) is 2.59. The molecular formula is C7H8O. The van der Waals surface area contributed by atoms with Crippen LogP contribution in [0.4, 0.5) is 0 Å². The summed E-state index contributed by atoms with van der Waals surface area (Å²) >= 11 is 0. The number of allylic oxidation sites excluding steroid dienone is 3. The lowest BCUT2D eigenvalue weighted by Gasteiger charge is -1.82. The highest BCUT2D eigenvalue weighted by Gasteiger charge is 2.11. The number of hydrogen-bond acceptors (Lipinski definition) is 1. The topological polar surface area (TPSA) is 17.1 Å². The van der Waals surface area contributed by atoms with Crippen molar-refractivity contribution in [1.82, 2.24) is 0 Å². The Balaban J connectivity index is 2.88. The van der Waals surface area contributed by atoms with Gasteiger partial charge in [-0.1, -0.05) is 12.7 Å². The quantitative estimate of drug-likeness (QED) is 0.459. The van der Waals surface area contributed by atoms with Crippen LogP contribution in [0.15, 0.2) is 23.8 Å². The summed E-state index contributed by atoms with van der Waals surface area (Å²) in [7, 11) is 0. The van der Waals surface area contributed by atoms with Crippen molar-refractivity contribution in [1.29, 1.82) is 0 Å². The molecule has 0 aromatic heterocycles. The number of rotatable bonds is 0. The summed E-state index contributed by atoms with van der Waals surface area (Å²) in [5, 5.41) is 0. The highest BCUT2D eigenvalue weighted by Crippen LogP contribution is 2.16. The summed E-state index contributed by atoms with van der Waals surface area (Å²) in [5.74, 6) is 0.218. The summed E-state index contributed by atoms with van der Waals surface area (Å²) < 4.78 is 0. The molecular weight excluding hydrogens is 100 g/mol. The van der Waals surface area contributed by atoms with Crippen molar-refractivity contribution in [2.24, 2.45) is 0 Å². The maximum atomic E-state index is 10.7. The van der Waals surface area contributed by atoms with E-state index in [4.69, 9.17) is 0 Å². The molecule has 0 amide bonds. The second kappa shape index (κ2) is 1.58. The average molecular weight is 108 g/mol. The van der Waals surface area contributed by atoms with E-state index in [0.29, 0.717) is 6.42 Å². The summed E-state index contributed by atoms with van der Waals surface area (Å²) in [6.45, 7) is 5.48. The van der Waals surface area contributed by atoms with Gasteiger partial charge in [-0.05, 0) is 18.1 Å². The van der Waals surface area contributed by atoms with Gasteiger partial charge in [-0.15, -0.1) is 0 Å². The maximum absolute atomic E-state index is 10.7. The molecule has 0 N–H and O–H groups in total. The van der Waals surface area contributed by atoms with Gasteiger partial charge in [0, 0.05) is 6.42 Å². The van der Waals surface area contributed by atoms with E-state index >= 15 is 0 Å². The van der Waals surface area contributed by atoms with Crippen LogP contribution in [0.3, 0.4) is 0 Å². The van der Waals surface area contributed by atoms with E-state index in [1.54, 1.807) is 0 Å². The standard InChI is InChI=1S/C7H8O/c1-5-3-6(2)7(8)4-5/h3H,1,4H2,2H3. The Bertz CT molecular complexity index is 175. The Kier molecular flexibility index (Phi) is 1.05. The Labute approximate surface area is 48.7 Å². The van der Waals surface area contributed by atoms with Gasteiger partial charge in [0.15, 0.2) is 5.78 Å². The predicted octanol–water partition coefficient (Wildman–Crippen LogP) is 1.46. The molecule has 0 unspecified atom stereocenters. The molecule has 0 spiro atoms. The molecule has 0 fully saturated rings. The minimum absolute atomic E-state index is 0.218. The second-order valence-electron chi connectivity index (χ2n) is 2.09. The zero-order valence-electron chi connectivity index (χ0n) is 4.90. The normalized spacial score (nSPS) is 19.4. The molecule has 1 aliphatic rings. The fraction of sp³-hybridized carbons (Fsp3) is 0.286. The third kappa shape index (κ3) is 0.713. The Morgan fingerprint density at radius 3 is 2.50 bits per heavy atom. The SMILES string of the molecule is C=C1C=C(C)C(=O)C1. The van der Waals surface area contributed by atoms with Gasteiger partial charge in [-0.2, -0.15) is 0 Å². The minimum atomic E-state index is 0.218. The zero-order valence-corrected chi connectivity index (χ0v) is 4.90. The van der Waals surface area contributed by atoms with Crippen molar-refractivity contribution in [3.8, 4) is 0 Å². The van der Waals surface area contributed by atoms with Crippen molar-refractivity contribution in [2.75, 3.05) is 0 Å². The summed E-state index contributed by atoms with van der Waals surface area (Å²) in [5.41, 5.74) is 1.78. The van der Waals surface area contributed by atoms with Crippen LogP contribution in [0.25, 0.3) is 0 Å². The van der Waals surface area contributed by atoms with Crippen LogP contribution in [-0.4, -0.2) is 5.78 Å². The van der Waals surface area contributed by atoms with Gasteiger partial charge in [0.25, 0.3) is 0 Å². The number of carbonyl (C=O) groups excluding carboxylic acids is 1. The molecule has 0 atom stereocenters. The molecule has 0 aromatic rings. The van der Waals surface area contributed by atoms with Gasteiger partial charge in [-0.3, -0.25) is 4.79 Å². The Morgan fingerprint density at radius 2 is 2.38 bits per heavy atom. The van der Waals surface area contributed by atoms with Crippen molar-refractivity contribution < 1.29 is 4.79 Å². The molecule has 1 rings (SSSR count). The van der Waals surface area contributed by atoms with Crippen LogP contribution in [0.2, 0.25) is 0 Å². The minimum Gasteiger partial charge on any atom is -0.294 e. The highest BCUT2D eigenvalue weighted by atomic mass is 16.1. The van der Waals surface area contributed by atoms with Crippen molar-refractivity contribution in [2.45, 2.75) is 13.3 Å². The first-order valence-electron chi connectivity index (χ1n) is 2.59. The van der Waals surface area contributed by atoms with Gasteiger partial charge < -0.3 is 0 Å². The van der Waals surface area contributed by atoms with Gasteiger partial charge in [0.05, 0.1) is 0 Å². The van der Waals surface area contributed by atoms with Crippen LogP contribution < -0.4 is 0 Å². The molecule has 0 bridgehead atoms. The third-order valence-corrected chi connectivity index (χ3v) is 1.25.